The van der Waals surface area contributed by atoms with E-state index in [0.717, 1.165) is 18.8 Å². The first-order valence-corrected chi connectivity index (χ1v) is 7.06. The zero-order valence-electron chi connectivity index (χ0n) is 11.9. The van der Waals surface area contributed by atoms with E-state index in [4.69, 9.17) is 5.73 Å². The van der Waals surface area contributed by atoms with Crippen molar-refractivity contribution in [2.45, 2.75) is 58.2 Å². The minimum atomic E-state index is 0.0566. The van der Waals surface area contributed by atoms with Gasteiger partial charge >= 0.3 is 0 Å². The number of nitrogens with two attached hydrogens (primary N) is 1. The highest BCUT2D eigenvalue weighted by atomic mass is 15.2. The molecule has 1 fully saturated rings. The van der Waals surface area contributed by atoms with Crippen LogP contribution in [-0.4, -0.2) is 39.1 Å². The molecule has 1 aliphatic heterocycles. The van der Waals surface area contributed by atoms with E-state index in [0.29, 0.717) is 0 Å². The maximum atomic E-state index is 6.45. The van der Waals surface area contributed by atoms with E-state index in [-0.39, 0.29) is 11.6 Å². The van der Waals surface area contributed by atoms with Crippen LogP contribution in [-0.2, 0) is 13.0 Å². The normalized spacial score (nSPS) is 19.3. The first kappa shape index (κ1) is 13.6. The zero-order valence-corrected chi connectivity index (χ0v) is 11.9. The van der Waals surface area contributed by atoms with Gasteiger partial charge in [-0.15, -0.1) is 0 Å². The lowest BCUT2D eigenvalue weighted by Gasteiger charge is -2.40. The molecular formula is C14H26N4. The van der Waals surface area contributed by atoms with E-state index in [1.165, 1.54) is 25.9 Å². The highest BCUT2D eigenvalue weighted by Crippen LogP contribution is 2.24. The first-order valence-electron chi connectivity index (χ1n) is 7.06. The van der Waals surface area contributed by atoms with Crippen LogP contribution >= 0.6 is 0 Å². The lowest BCUT2D eigenvalue weighted by Crippen LogP contribution is -2.56. The van der Waals surface area contributed by atoms with Gasteiger partial charge < -0.3 is 10.3 Å². The summed E-state index contributed by atoms with van der Waals surface area (Å²) in [6.07, 6.45) is 7.36. The molecule has 1 saturated heterocycles. The van der Waals surface area contributed by atoms with Crippen molar-refractivity contribution in [2.24, 2.45) is 5.73 Å². The van der Waals surface area contributed by atoms with Crippen LogP contribution in [0.3, 0.4) is 0 Å². The van der Waals surface area contributed by atoms with Gasteiger partial charge in [0.05, 0.1) is 0 Å². The summed E-state index contributed by atoms with van der Waals surface area (Å²) in [4.78, 5) is 6.96. The molecule has 0 aliphatic carbocycles. The summed E-state index contributed by atoms with van der Waals surface area (Å²) in [6, 6.07) is 0.128. The number of likely N-dealkylation sites (tertiary alicyclic amines) is 1. The Labute approximate surface area is 110 Å². The number of aromatic nitrogens is 2. The SMILES string of the molecule is CCn1ccnc1CC(N)C(C)(C)N1CCCC1. The van der Waals surface area contributed by atoms with Gasteiger partial charge in [-0.25, -0.2) is 4.98 Å². The van der Waals surface area contributed by atoms with Crippen molar-refractivity contribution < 1.29 is 0 Å². The molecule has 1 aliphatic rings. The summed E-state index contributed by atoms with van der Waals surface area (Å²) >= 11 is 0. The van der Waals surface area contributed by atoms with Crippen molar-refractivity contribution in [1.82, 2.24) is 14.5 Å². The molecule has 0 amide bonds. The van der Waals surface area contributed by atoms with Crippen LogP contribution in [0.15, 0.2) is 12.4 Å². The van der Waals surface area contributed by atoms with Crippen LogP contribution < -0.4 is 5.73 Å². The Morgan fingerprint density at radius 1 is 1.39 bits per heavy atom. The third-order valence-electron chi connectivity index (χ3n) is 4.37. The highest BCUT2D eigenvalue weighted by molar-refractivity contribution is 5.02. The number of hydrogen-bond donors (Lipinski definition) is 1. The standard InChI is InChI=1S/C14H26N4/c1-4-17-10-7-16-13(17)11-12(15)14(2,3)18-8-5-6-9-18/h7,10,12H,4-6,8-9,11,15H2,1-3H3. The molecule has 4 heteroatoms. The fourth-order valence-electron chi connectivity index (χ4n) is 2.79. The third kappa shape index (κ3) is 2.59. The summed E-state index contributed by atoms with van der Waals surface area (Å²) in [5.41, 5.74) is 6.51. The van der Waals surface area contributed by atoms with Crippen molar-refractivity contribution in [2.75, 3.05) is 13.1 Å². The van der Waals surface area contributed by atoms with Crippen LogP contribution in [0.5, 0.6) is 0 Å². The quantitative estimate of drug-likeness (QED) is 0.864. The van der Waals surface area contributed by atoms with Crippen molar-refractivity contribution in [1.29, 1.82) is 0 Å². The summed E-state index contributed by atoms with van der Waals surface area (Å²) < 4.78 is 2.18. The Morgan fingerprint density at radius 2 is 2.06 bits per heavy atom. The topological polar surface area (TPSA) is 47.1 Å². The molecule has 1 atom stereocenters. The van der Waals surface area contributed by atoms with Gasteiger partial charge in [0, 0.05) is 36.9 Å². The van der Waals surface area contributed by atoms with E-state index >= 15 is 0 Å². The Bertz CT molecular complexity index is 377. The Morgan fingerprint density at radius 3 is 2.67 bits per heavy atom. The second-order valence-corrected chi connectivity index (χ2v) is 5.79. The fourth-order valence-corrected chi connectivity index (χ4v) is 2.79. The van der Waals surface area contributed by atoms with Gasteiger partial charge in [-0.05, 0) is 46.7 Å². The van der Waals surface area contributed by atoms with E-state index in [1.807, 2.05) is 12.4 Å². The van der Waals surface area contributed by atoms with Gasteiger partial charge in [0.25, 0.3) is 0 Å². The van der Waals surface area contributed by atoms with E-state index in [1.54, 1.807) is 0 Å². The molecule has 0 aromatic carbocycles. The minimum Gasteiger partial charge on any atom is -0.335 e. The summed E-state index contributed by atoms with van der Waals surface area (Å²) in [5.74, 6) is 1.11. The maximum Gasteiger partial charge on any atom is 0.110 e. The average Bonchev–Trinajstić information content (AvgIpc) is 2.99. The largest absolute Gasteiger partial charge is 0.335 e. The van der Waals surface area contributed by atoms with Crippen molar-refractivity contribution in [3.63, 3.8) is 0 Å². The summed E-state index contributed by atoms with van der Waals surface area (Å²) in [5, 5.41) is 0. The second-order valence-electron chi connectivity index (χ2n) is 5.79. The van der Waals surface area contributed by atoms with Gasteiger partial charge in [0.15, 0.2) is 0 Å². The first-order chi connectivity index (χ1) is 8.55. The van der Waals surface area contributed by atoms with Gasteiger partial charge in [0.2, 0.25) is 0 Å². The molecule has 1 unspecified atom stereocenters. The smallest absolute Gasteiger partial charge is 0.110 e. The molecule has 0 radical (unpaired) electrons. The molecule has 2 rings (SSSR count). The van der Waals surface area contributed by atoms with Gasteiger partial charge in [0.1, 0.15) is 5.82 Å². The van der Waals surface area contributed by atoms with Crippen LogP contribution in [0.1, 0.15) is 39.4 Å². The van der Waals surface area contributed by atoms with Crippen LogP contribution in [0.25, 0.3) is 0 Å². The van der Waals surface area contributed by atoms with Gasteiger partial charge in [-0.2, -0.15) is 0 Å². The van der Waals surface area contributed by atoms with Gasteiger partial charge in [-0.1, -0.05) is 0 Å². The number of aryl methyl sites for hydroxylation is 1. The molecule has 0 saturated carbocycles. The fraction of sp³-hybridized carbons (Fsp3) is 0.786. The molecule has 1 aromatic rings. The molecule has 0 spiro atoms. The maximum absolute atomic E-state index is 6.45. The number of hydrogen-bond acceptors (Lipinski definition) is 3. The Hall–Kier alpha value is -0.870. The molecule has 102 valence electrons. The number of nitrogens with zero attached hydrogens (tertiary/aromatic N) is 3. The lowest BCUT2D eigenvalue weighted by atomic mass is 9.90. The molecule has 4 nitrogen and oxygen atoms in total. The predicted octanol–water partition coefficient (Wildman–Crippen LogP) is 1.65. The van der Waals surface area contributed by atoms with E-state index < -0.39 is 0 Å². The van der Waals surface area contributed by atoms with Crippen LogP contribution in [0.4, 0.5) is 0 Å². The third-order valence-corrected chi connectivity index (χ3v) is 4.37. The lowest BCUT2D eigenvalue weighted by molar-refractivity contribution is 0.122. The number of rotatable bonds is 5. The molecule has 1 aromatic heterocycles. The van der Waals surface area contributed by atoms with Gasteiger partial charge in [-0.3, -0.25) is 4.90 Å². The van der Waals surface area contributed by atoms with E-state index in [2.05, 4.69) is 35.2 Å². The number of imidazole rings is 1. The summed E-state index contributed by atoms with van der Waals surface area (Å²) in [6.45, 7) is 10.0. The second kappa shape index (κ2) is 5.41. The monoisotopic (exact) mass is 250 g/mol. The van der Waals surface area contributed by atoms with Crippen molar-refractivity contribution >= 4 is 0 Å². The van der Waals surface area contributed by atoms with Crippen LogP contribution in [0.2, 0.25) is 0 Å². The average molecular weight is 250 g/mol. The van der Waals surface area contributed by atoms with Crippen molar-refractivity contribution in [3.05, 3.63) is 18.2 Å². The molecule has 2 N–H and O–H groups in total. The Kier molecular flexibility index (Phi) is 4.07. The van der Waals surface area contributed by atoms with Crippen LogP contribution in [0, 0.1) is 0 Å². The minimum absolute atomic E-state index is 0.0566. The predicted molar refractivity (Wildman–Crippen MR) is 74.5 cm³/mol. The summed E-state index contributed by atoms with van der Waals surface area (Å²) in [7, 11) is 0. The molecule has 18 heavy (non-hydrogen) atoms. The van der Waals surface area contributed by atoms with Crippen molar-refractivity contribution in [3.8, 4) is 0 Å². The molecule has 2 heterocycles. The highest BCUT2D eigenvalue weighted by Gasteiger charge is 2.35. The molecular weight excluding hydrogens is 224 g/mol. The molecule has 0 bridgehead atoms. The van der Waals surface area contributed by atoms with E-state index in [9.17, 15) is 0 Å². The zero-order chi connectivity index (χ0) is 13.2. The Balaban J connectivity index is 2.04.